The second-order valence-corrected chi connectivity index (χ2v) is 12.4. The summed E-state index contributed by atoms with van der Waals surface area (Å²) in [6, 6.07) is 61.6. The summed E-state index contributed by atoms with van der Waals surface area (Å²) < 4.78 is 6.49. The van der Waals surface area contributed by atoms with Crippen LogP contribution in [0.15, 0.2) is 174 Å². The molecule has 218 valence electrons. The molecule has 0 unspecified atom stereocenters. The lowest BCUT2D eigenvalue weighted by Crippen LogP contribution is -1.91. The van der Waals surface area contributed by atoms with E-state index in [1.54, 1.807) is 0 Å². The van der Waals surface area contributed by atoms with Crippen LogP contribution in [0, 0.1) is 0 Å². The van der Waals surface area contributed by atoms with Crippen molar-refractivity contribution in [3.05, 3.63) is 170 Å². The first-order chi connectivity index (χ1) is 23.3. The Hall–Kier alpha value is -6.18. The molecule has 10 aromatic rings. The van der Waals surface area contributed by atoms with E-state index in [1.165, 1.54) is 71.1 Å². The molecule has 0 atom stereocenters. The summed E-state index contributed by atoms with van der Waals surface area (Å²) in [5, 5.41) is 12.1. The van der Waals surface area contributed by atoms with E-state index in [0.717, 1.165) is 27.3 Å². The molecule has 0 aliphatic carbocycles. The maximum Gasteiger partial charge on any atom is 0.143 e. The highest BCUT2D eigenvalue weighted by Gasteiger charge is 2.19. The molecule has 0 fully saturated rings. The third kappa shape index (κ3) is 3.97. The summed E-state index contributed by atoms with van der Waals surface area (Å²) in [4.78, 5) is 0. The summed E-state index contributed by atoms with van der Waals surface area (Å²) in [6.07, 6.45) is 0. The van der Waals surface area contributed by atoms with Crippen molar-refractivity contribution in [2.45, 2.75) is 0 Å². The van der Waals surface area contributed by atoms with E-state index < -0.39 is 0 Å². The van der Waals surface area contributed by atoms with Gasteiger partial charge in [-0.3, -0.25) is 0 Å². The zero-order chi connectivity index (χ0) is 30.9. The molecule has 0 saturated carbocycles. The molecule has 1 aromatic heterocycles. The van der Waals surface area contributed by atoms with Gasteiger partial charge in [0.1, 0.15) is 11.2 Å². The number of rotatable bonds is 3. The van der Waals surface area contributed by atoms with Gasteiger partial charge in [0.25, 0.3) is 0 Å². The Labute approximate surface area is 271 Å². The lowest BCUT2D eigenvalue weighted by Gasteiger charge is -2.18. The van der Waals surface area contributed by atoms with Crippen LogP contribution in [0.2, 0.25) is 0 Å². The standard InChI is InChI=1S/C46H28O/c1-2-11-29(12-3-1)34-20-10-14-31-21-22-32(27-41(31)34)44-36-16-6-8-18-38(36)45(39-19-9-7-17-37(39)44)33-24-26-43-42(28-33)40-25-23-30-13-4-5-15-35(30)46(40)47-43/h1-28H. The Morgan fingerprint density at radius 3 is 1.53 bits per heavy atom. The van der Waals surface area contributed by atoms with Crippen LogP contribution >= 0.6 is 0 Å². The van der Waals surface area contributed by atoms with Crippen LogP contribution in [0.25, 0.3) is 98.4 Å². The van der Waals surface area contributed by atoms with Gasteiger partial charge in [0.15, 0.2) is 0 Å². The predicted octanol–water partition coefficient (Wildman–Crippen LogP) is 13.2. The van der Waals surface area contributed by atoms with Gasteiger partial charge in [-0.05, 0) is 95.3 Å². The van der Waals surface area contributed by atoms with Crippen molar-refractivity contribution < 1.29 is 4.42 Å². The Morgan fingerprint density at radius 2 is 0.830 bits per heavy atom. The minimum atomic E-state index is 0.913. The van der Waals surface area contributed by atoms with Gasteiger partial charge in [0, 0.05) is 16.2 Å². The number of hydrogen-bond donors (Lipinski definition) is 0. The summed E-state index contributed by atoms with van der Waals surface area (Å²) >= 11 is 0. The molecule has 0 saturated heterocycles. The average molecular weight is 597 g/mol. The van der Waals surface area contributed by atoms with Crippen molar-refractivity contribution in [3.63, 3.8) is 0 Å². The molecule has 0 bridgehead atoms. The quantitative estimate of drug-likeness (QED) is 0.185. The van der Waals surface area contributed by atoms with Gasteiger partial charge in [-0.2, -0.15) is 0 Å². The SMILES string of the molecule is c1ccc(-c2cccc3ccc(-c4c5ccccc5c(-c5ccc6oc7c8ccccc8ccc7c6c5)c5ccccc45)cc23)cc1. The van der Waals surface area contributed by atoms with Gasteiger partial charge in [-0.25, -0.2) is 0 Å². The fourth-order valence-electron chi connectivity index (χ4n) is 7.71. The summed E-state index contributed by atoms with van der Waals surface area (Å²) in [7, 11) is 0. The van der Waals surface area contributed by atoms with Crippen LogP contribution in [0.3, 0.4) is 0 Å². The third-order valence-electron chi connectivity index (χ3n) is 9.84. The maximum absolute atomic E-state index is 6.49. The van der Waals surface area contributed by atoms with E-state index in [4.69, 9.17) is 4.42 Å². The van der Waals surface area contributed by atoms with Crippen LogP contribution in [0.5, 0.6) is 0 Å². The van der Waals surface area contributed by atoms with Crippen molar-refractivity contribution in [1.82, 2.24) is 0 Å². The molecule has 0 radical (unpaired) electrons. The fraction of sp³-hybridized carbons (Fsp3) is 0. The summed E-state index contributed by atoms with van der Waals surface area (Å²) in [5.74, 6) is 0. The number of furan rings is 1. The van der Waals surface area contributed by atoms with E-state index >= 15 is 0 Å². The van der Waals surface area contributed by atoms with Gasteiger partial charge >= 0.3 is 0 Å². The van der Waals surface area contributed by atoms with Crippen LogP contribution in [0.4, 0.5) is 0 Å². The number of benzene rings is 9. The molecule has 47 heavy (non-hydrogen) atoms. The highest BCUT2D eigenvalue weighted by Crippen LogP contribution is 2.46. The highest BCUT2D eigenvalue weighted by molar-refractivity contribution is 6.23. The monoisotopic (exact) mass is 596 g/mol. The van der Waals surface area contributed by atoms with Crippen molar-refractivity contribution in [3.8, 4) is 33.4 Å². The second-order valence-electron chi connectivity index (χ2n) is 12.4. The molecule has 1 heteroatoms. The Balaban J connectivity index is 1.25. The van der Waals surface area contributed by atoms with Crippen LogP contribution in [0.1, 0.15) is 0 Å². The number of hydrogen-bond acceptors (Lipinski definition) is 1. The van der Waals surface area contributed by atoms with Crippen LogP contribution < -0.4 is 0 Å². The summed E-state index contributed by atoms with van der Waals surface area (Å²) in [5.41, 5.74) is 9.29. The molecular formula is C46H28O. The van der Waals surface area contributed by atoms with Crippen LogP contribution in [-0.4, -0.2) is 0 Å². The molecule has 0 aliphatic rings. The lowest BCUT2D eigenvalue weighted by molar-refractivity contribution is 0.672. The fourth-order valence-corrected chi connectivity index (χ4v) is 7.71. The molecular weight excluding hydrogens is 569 g/mol. The third-order valence-corrected chi connectivity index (χ3v) is 9.84. The first-order valence-electron chi connectivity index (χ1n) is 16.2. The highest BCUT2D eigenvalue weighted by atomic mass is 16.3. The van der Waals surface area contributed by atoms with Gasteiger partial charge in [-0.15, -0.1) is 0 Å². The molecule has 0 amide bonds. The Kier molecular flexibility index (Phi) is 5.64. The zero-order valence-electron chi connectivity index (χ0n) is 25.6. The van der Waals surface area contributed by atoms with E-state index in [1.807, 2.05) is 0 Å². The molecule has 1 heterocycles. The lowest BCUT2D eigenvalue weighted by atomic mass is 9.85. The van der Waals surface area contributed by atoms with Crippen molar-refractivity contribution in [2.75, 3.05) is 0 Å². The van der Waals surface area contributed by atoms with E-state index in [0.29, 0.717) is 0 Å². The molecule has 0 N–H and O–H groups in total. The number of fused-ring (bicyclic) bond motifs is 8. The Morgan fingerprint density at radius 1 is 0.298 bits per heavy atom. The molecule has 9 aromatic carbocycles. The molecule has 0 spiro atoms. The topological polar surface area (TPSA) is 13.1 Å². The molecule has 0 aliphatic heterocycles. The average Bonchev–Trinajstić information content (AvgIpc) is 3.52. The Bertz CT molecular complexity index is 2780. The minimum absolute atomic E-state index is 0.913. The zero-order valence-corrected chi connectivity index (χ0v) is 25.6. The second kappa shape index (κ2) is 10.2. The summed E-state index contributed by atoms with van der Waals surface area (Å²) in [6.45, 7) is 0. The van der Waals surface area contributed by atoms with E-state index in [9.17, 15) is 0 Å². The van der Waals surface area contributed by atoms with Gasteiger partial charge in [-0.1, -0.05) is 146 Å². The van der Waals surface area contributed by atoms with Gasteiger partial charge in [0.05, 0.1) is 0 Å². The van der Waals surface area contributed by atoms with Crippen molar-refractivity contribution in [1.29, 1.82) is 0 Å². The van der Waals surface area contributed by atoms with Crippen molar-refractivity contribution in [2.24, 2.45) is 0 Å². The van der Waals surface area contributed by atoms with Gasteiger partial charge in [0.2, 0.25) is 0 Å². The van der Waals surface area contributed by atoms with Crippen LogP contribution in [-0.2, 0) is 0 Å². The van der Waals surface area contributed by atoms with Gasteiger partial charge < -0.3 is 4.42 Å². The first kappa shape index (κ1) is 26.1. The maximum atomic E-state index is 6.49. The largest absolute Gasteiger partial charge is 0.455 e. The normalized spacial score (nSPS) is 11.8. The molecule has 10 rings (SSSR count). The van der Waals surface area contributed by atoms with Crippen molar-refractivity contribution >= 4 is 65.0 Å². The molecule has 1 nitrogen and oxygen atoms in total. The smallest absolute Gasteiger partial charge is 0.143 e. The van der Waals surface area contributed by atoms with E-state index in [2.05, 4.69) is 170 Å². The first-order valence-corrected chi connectivity index (χ1v) is 16.2. The minimum Gasteiger partial charge on any atom is -0.455 e. The van der Waals surface area contributed by atoms with E-state index in [-0.39, 0.29) is 0 Å². The predicted molar refractivity (Wildman–Crippen MR) is 200 cm³/mol.